The maximum absolute atomic E-state index is 11.6. The minimum atomic E-state index is 0.0246. The third-order valence-electron chi connectivity index (χ3n) is 3.32. The number of nitrogens with zero attached hydrogens (tertiary/aromatic N) is 3. The van der Waals surface area contributed by atoms with Gasteiger partial charge < -0.3 is 5.32 Å². The SMILES string of the molecule is CCCNC(=O)CSc1ccc(-c2sc(-c3cccs3)nc2C)nn1. The molecule has 8 heteroatoms. The third kappa shape index (κ3) is 4.65. The largest absolute Gasteiger partial charge is 0.355 e. The Morgan fingerprint density at radius 1 is 1.28 bits per heavy atom. The number of amides is 1. The molecule has 5 nitrogen and oxygen atoms in total. The molecule has 3 rings (SSSR count). The Kier molecular flexibility index (Phi) is 6.17. The van der Waals surface area contributed by atoms with Crippen molar-refractivity contribution in [2.24, 2.45) is 0 Å². The van der Waals surface area contributed by atoms with Crippen LogP contribution in [0.25, 0.3) is 20.5 Å². The maximum atomic E-state index is 11.6. The van der Waals surface area contributed by atoms with Crippen molar-refractivity contribution in [1.29, 1.82) is 0 Å². The normalized spacial score (nSPS) is 10.8. The number of thiazole rings is 1. The van der Waals surface area contributed by atoms with E-state index in [1.165, 1.54) is 11.8 Å². The lowest BCUT2D eigenvalue weighted by atomic mass is 10.3. The number of aromatic nitrogens is 3. The van der Waals surface area contributed by atoms with Gasteiger partial charge in [-0.2, -0.15) is 0 Å². The first-order valence-electron chi connectivity index (χ1n) is 7.92. The van der Waals surface area contributed by atoms with E-state index in [1.807, 2.05) is 37.4 Å². The van der Waals surface area contributed by atoms with Crippen LogP contribution in [-0.2, 0) is 4.79 Å². The Bertz CT molecular complexity index is 828. The Morgan fingerprint density at radius 3 is 2.84 bits per heavy atom. The van der Waals surface area contributed by atoms with Gasteiger partial charge in [-0.3, -0.25) is 4.79 Å². The number of carbonyl (C=O) groups excluding carboxylic acids is 1. The number of hydrogen-bond acceptors (Lipinski definition) is 7. The Labute approximate surface area is 158 Å². The van der Waals surface area contributed by atoms with Crippen molar-refractivity contribution in [3.63, 3.8) is 0 Å². The highest BCUT2D eigenvalue weighted by Crippen LogP contribution is 2.36. The zero-order valence-corrected chi connectivity index (χ0v) is 16.4. The van der Waals surface area contributed by atoms with E-state index in [2.05, 4.69) is 26.6 Å². The number of thioether (sulfide) groups is 1. The van der Waals surface area contributed by atoms with Gasteiger partial charge in [-0.05, 0) is 36.9 Å². The number of rotatable bonds is 7. The molecule has 0 saturated carbocycles. The fourth-order valence-corrected chi connectivity index (χ4v) is 4.58. The van der Waals surface area contributed by atoms with E-state index in [1.54, 1.807) is 22.7 Å². The van der Waals surface area contributed by atoms with Crippen molar-refractivity contribution < 1.29 is 4.79 Å². The van der Waals surface area contributed by atoms with E-state index < -0.39 is 0 Å². The first-order chi connectivity index (χ1) is 12.2. The van der Waals surface area contributed by atoms with E-state index in [4.69, 9.17) is 0 Å². The smallest absolute Gasteiger partial charge is 0.230 e. The predicted octanol–water partition coefficient (Wildman–Crippen LogP) is 4.26. The molecule has 0 aliphatic heterocycles. The van der Waals surface area contributed by atoms with Crippen LogP contribution in [0.3, 0.4) is 0 Å². The number of aryl methyl sites for hydroxylation is 1. The van der Waals surface area contributed by atoms with Gasteiger partial charge in [-0.1, -0.05) is 24.8 Å². The molecule has 0 bridgehead atoms. The van der Waals surface area contributed by atoms with Gasteiger partial charge in [0.15, 0.2) is 0 Å². The minimum absolute atomic E-state index is 0.0246. The van der Waals surface area contributed by atoms with Crippen molar-refractivity contribution in [2.45, 2.75) is 25.3 Å². The van der Waals surface area contributed by atoms with Crippen molar-refractivity contribution in [3.8, 4) is 20.5 Å². The summed E-state index contributed by atoms with van der Waals surface area (Å²) in [6, 6.07) is 7.95. The van der Waals surface area contributed by atoms with E-state index in [9.17, 15) is 4.79 Å². The summed E-state index contributed by atoms with van der Waals surface area (Å²) in [5.74, 6) is 0.382. The zero-order valence-electron chi connectivity index (χ0n) is 14.0. The van der Waals surface area contributed by atoms with Gasteiger partial charge in [0.05, 0.1) is 21.2 Å². The van der Waals surface area contributed by atoms with E-state index in [0.29, 0.717) is 12.3 Å². The first-order valence-corrected chi connectivity index (χ1v) is 10.6. The Hall–Kier alpha value is -1.77. The van der Waals surface area contributed by atoms with Crippen molar-refractivity contribution in [3.05, 3.63) is 35.3 Å². The molecular formula is C17H18N4OS3. The summed E-state index contributed by atoms with van der Waals surface area (Å²) in [6.07, 6.45) is 0.937. The van der Waals surface area contributed by atoms with Crippen LogP contribution < -0.4 is 5.32 Å². The molecule has 3 aromatic heterocycles. The van der Waals surface area contributed by atoms with E-state index >= 15 is 0 Å². The molecule has 25 heavy (non-hydrogen) atoms. The van der Waals surface area contributed by atoms with Crippen LogP contribution in [0.5, 0.6) is 0 Å². The molecule has 130 valence electrons. The topological polar surface area (TPSA) is 67.8 Å². The molecule has 0 saturated heterocycles. The highest BCUT2D eigenvalue weighted by molar-refractivity contribution is 7.99. The first kappa shape index (κ1) is 18.0. The van der Waals surface area contributed by atoms with Gasteiger partial charge in [-0.25, -0.2) is 4.98 Å². The fraction of sp³-hybridized carbons (Fsp3) is 0.294. The standard InChI is InChI=1S/C17H18N4OS3/c1-3-8-18-14(22)10-24-15-7-6-12(20-21-15)16-11(2)19-17(25-16)13-5-4-9-23-13/h4-7,9H,3,8,10H2,1-2H3,(H,18,22). The summed E-state index contributed by atoms with van der Waals surface area (Å²) >= 11 is 4.70. The van der Waals surface area contributed by atoms with Crippen molar-refractivity contribution in [1.82, 2.24) is 20.5 Å². The molecule has 0 aliphatic carbocycles. The van der Waals surface area contributed by atoms with Crippen LogP contribution in [0.4, 0.5) is 0 Å². The number of nitrogens with one attached hydrogen (secondary N) is 1. The zero-order chi connectivity index (χ0) is 17.6. The van der Waals surface area contributed by atoms with Gasteiger partial charge in [0.2, 0.25) is 5.91 Å². The van der Waals surface area contributed by atoms with Gasteiger partial charge in [0, 0.05) is 6.54 Å². The molecular weight excluding hydrogens is 372 g/mol. The average molecular weight is 391 g/mol. The second kappa shape index (κ2) is 8.55. The molecule has 1 N–H and O–H groups in total. The van der Waals surface area contributed by atoms with Gasteiger partial charge in [0.25, 0.3) is 0 Å². The van der Waals surface area contributed by atoms with Crippen LogP contribution in [0.1, 0.15) is 19.0 Å². The molecule has 3 aromatic rings. The summed E-state index contributed by atoms with van der Waals surface area (Å²) in [4.78, 5) is 18.5. The molecule has 0 radical (unpaired) electrons. The highest BCUT2D eigenvalue weighted by atomic mass is 32.2. The number of thiophene rings is 1. The summed E-state index contributed by atoms with van der Waals surface area (Å²) in [6.45, 7) is 4.73. The Balaban J connectivity index is 1.67. The predicted molar refractivity (Wildman–Crippen MR) is 105 cm³/mol. The van der Waals surface area contributed by atoms with Crippen LogP contribution in [-0.4, -0.2) is 33.4 Å². The van der Waals surface area contributed by atoms with E-state index in [-0.39, 0.29) is 5.91 Å². The molecule has 1 amide bonds. The van der Waals surface area contributed by atoms with Crippen molar-refractivity contribution in [2.75, 3.05) is 12.3 Å². The fourth-order valence-electron chi connectivity index (χ4n) is 2.11. The lowest BCUT2D eigenvalue weighted by Gasteiger charge is -2.03. The molecule has 0 aliphatic rings. The molecule has 0 unspecified atom stereocenters. The monoisotopic (exact) mass is 390 g/mol. The molecule has 3 heterocycles. The molecule has 0 aromatic carbocycles. The summed E-state index contributed by atoms with van der Waals surface area (Å²) < 4.78 is 0. The minimum Gasteiger partial charge on any atom is -0.355 e. The molecule has 0 spiro atoms. The molecule has 0 atom stereocenters. The van der Waals surface area contributed by atoms with Crippen LogP contribution in [0.15, 0.2) is 34.7 Å². The van der Waals surface area contributed by atoms with Crippen LogP contribution >= 0.6 is 34.4 Å². The lowest BCUT2D eigenvalue weighted by Crippen LogP contribution is -2.25. The average Bonchev–Trinajstić information content (AvgIpc) is 3.28. The second-order valence-electron chi connectivity index (χ2n) is 5.31. The summed E-state index contributed by atoms with van der Waals surface area (Å²) in [5.41, 5.74) is 1.78. The maximum Gasteiger partial charge on any atom is 0.230 e. The lowest BCUT2D eigenvalue weighted by molar-refractivity contribution is -0.118. The second-order valence-corrected chi connectivity index (χ2v) is 8.25. The molecule has 0 fully saturated rings. The number of hydrogen-bond donors (Lipinski definition) is 1. The van der Waals surface area contributed by atoms with Crippen molar-refractivity contribution >= 4 is 40.3 Å². The van der Waals surface area contributed by atoms with E-state index in [0.717, 1.165) is 37.6 Å². The summed E-state index contributed by atoms with van der Waals surface area (Å²) in [7, 11) is 0. The van der Waals surface area contributed by atoms with Crippen LogP contribution in [0, 0.1) is 6.92 Å². The number of carbonyl (C=O) groups is 1. The van der Waals surface area contributed by atoms with Gasteiger partial charge in [-0.15, -0.1) is 32.9 Å². The van der Waals surface area contributed by atoms with Crippen LogP contribution in [0.2, 0.25) is 0 Å². The quantitative estimate of drug-likeness (QED) is 0.611. The Morgan fingerprint density at radius 2 is 2.16 bits per heavy atom. The third-order valence-corrected chi connectivity index (χ3v) is 6.46. The van der Waals surface area contributed by atoms with Gasteiger partial charge >= 0.3 is 0 Å². The highest BCUT2D eigenvalue weighted by Gasteiger charge is 2.13. The summed E-state index contributed by atoms with van der Waals surface area (Å²) in [5, 5.41) is 15.2. The van der Waals surface area contributed by atoms with Gasteiger partial charge in [0.1, 0.15) is 15.7 Å².